The summed E-state index contributed by atoms with van der Waals surface area (Å²) in [7, 11) is 0. The average molecular weight is 137 g/mol. The van der Waals surface area contributed by atoms with Crippen molar-refractivity contribution >= 4 is 0 Å². The predicted octanol–water partition coefficient (Wildman–Crippen LogP) is 2.53. The molecule has 1 heteroatoms. The summed E-state index contributed by atoms with van der Waals surface area (Å²) in [4.78, 5) is 3.24. The van der Waals surface area contributed by atoms with Crippen molar-refractivity contribution in [3.05, 3.63) is 23.5 Å². The lowest BCUT2D eigenvalue weighted by molar-refractivity contribution is 0.894. The molecule has 56 valence electrons. The van der Waals surface area contributed by atoms with Gasteiger partial charge in [-0.3, -0.25) is 0 Å². The first kappa shape index (κ1) is 7.39. The molecule has 1 aromatic heterocycles. The minimum atomic E-state index is 1.13. The number of aromatic nitrogens is 1. The summed E-state index contributed by atoms with van der Waals surface area (Å²) in [5.41, 5.74) is 2.90. The topological polar surface area (TPSA) is 15.8 Å². The minimum Gasteiger partial charge on any atom is -0.365 e. The number of H-pyrrole nitrogens is 1. The standard InChI is InChI=1S/C9H15N/c1-3-5-8-6-7-10-9(8)4-2/h6-7,10H,3-5H2,1-2H3. The van der Waals surface area contributed by atoms with Crippen molar-refractivity contribution in [1.29, 1.82) is 0 Å². The van der Waals surface area contributed by atoms with Gasteiger partial charge >= 0.3 is 0 Å². The van der Waals surface area contributed by atoms with Gasteiger partial charge < -0.3 is 4.98 Å². The van der Waals surface area contributed by atoms with Gasteiger partial charge in [0, 0.05) is 11.9 Å². The molecule has 0 saturated carbocycles. The van der Waals surface area contributed by atoms with E-state index in [2.05, 4.69) is 24.9 Å². The van der Waals surface area contributed by atoms with E-state index in [1.165, 1.54) is 24.1 Å². The molecular weight excluding hydrogens is 122 g/mol. The summed E-state index contributed by atoms with van der Waals surface area (Å²) in [6, 6.07) is 2.18. The van der Waals surface area contributed by atoms with Crippen LogP contribution in [0.25, 0.3) is 0 Å². The van der Waals surface area contributed by atoms with Gasteiger partial charge in [-0.15, -0.1) is 0 Å². The molecule has 1 heterocycles. The lowest BCUT2D eigenvalue weighted by atomic mass is 10.1. The molecule has 0 aliphatic rings. The van der Waals surface area contributed by atoms with Crippen molar-refractivity contribution < 1.29 is 0 Å². The zero-order chi connectivity index (χ0) is 7.40. The third-order valence-electron chi connectivity index (χ3n) is 1.80. The van der Waals surface area contributed by atoms with Gasteiger partial charge in [-0.1, -0.05) is 20.3 Å². The quantitative estimate of drug-likeness (QED) is 0.659. The molecule has 0 fully saturated rings. The molecule has 1 rings (SSSR count). The molecule has 0 radical (unpaired) electrons. The first-order valence-corrected chi connectivity index (χ1v) is 4.03. The molecule has 0 aromatic carbocycles. The third kappa shape index (κ3) is 1.41. The fourth-order valence-corrected chi connectivity index (χ4v) is 1.27. The van der Waals surface area contributed by atoms with Crippen LogP contribution in [0.1, 0.15) is 31.5 Å². The van der Waals surface area contributed by atoms with Gasteiger partial charge in [0.2, 0.25) is 0 Å². The van der Waals surface area contributed by atoms with E-state index >= 15 is 0 Å². The van der Waals surface area contributed by atoms with Crippen molar-refractivity contribution in [2.24, 2.45) is 0 Å². The summed E-state index contributed by atoms with van der Waals surface area (Å²) in [5.74, 6) is 0. The molecule has 0 spiro atoms. The summed E-state index contributed by atoms with van der Waals surface area (Å²) in [5, 5.41) is 0. The predicted molar refractivity (Wildman–Crippen MR) is 44.2 cm³/mol. The molecule has 0 amide bonds. The number of hydrogen-bond donors (Lipinski definition) is 1. The zero-order valence-corrected chi connectivity index (χ0v) is 6.78. The molecule has 0 bridgehead atoms. The molecule has 1 aromatic rings. The van der Waals surface area contributed by atoms with Gasteiger partial charge in [-0.25, -0.2) is 0 Å². The Balaban J connectivity index is 2.70. The van der Waals surface area contributed by atoms with E-state index in [9.17, 15) is 0 Å². The summed E-state index contributed by atoms with van der Waals surface area (Å²) >= 11 is 0. The van der Waals surface area contributed by atoms with E-state index in [4.69, 9.17) is 0 Å². The second-order valence-corrected chi connectivity index (χ2v) is 2.59. The van der Waals surface area contributed by atoms with E-state index in [0.717, 1.165) is 6.42 Å². The highest BCUT2D eigenvalue weighted by Crippen LogP contribution is 2.09. The smallest absolute Gasteiger partial charge is 0.0176 e. The summed E-state index contributed by atoms with van der Waals surface area (Å²) in [6.07, 6.45) is 5.61. The fourth-order valence-electron chi connectivity index (χ4n) is 1.27. The summed E-state index contributed by atoms with van der Waals surface area (Å²) in [6.45, 7) is 4.40. The Morgan fingerprint density at radius 3 is 2.80 bits per heavy atom. The van der Waals surface area contributed by atoms with Gasteiger partial charge in [0.05, 0.1) is 0 Å². The maximum atomic E-state index is 3.24. The Morgan fingerprint density at radius 2 is 2.20 bits per heavy atom. The SMILES string of the molecule is CCCc1cc[nH]c1CC. The first-order chi connectivity index (χ1) is 4.88. The monoisotopic (exact) mass is 137 g/mol. The Morgan fingerprint density at radius 1 is 1.40 bits per heavy atom. The second-order valence-electron chi connectivity index (χ2n) is 2.59. The first-order valence-electron chi connectivity index (χ1n) is 4.03. The molecule has 0 unspecified atom stereocenters. The van der Waals surface area contributed by atoms with Gasteiger partial charge in [0.25, 0.3) is 0 Å². The second kappa shape index (κ2) is 3.45. The van der Waals surface area contributed by atoms with Crippen LogP contribution >= 0.6 is 0 Å². The van der Waals surface area contributed by atoms with E-state index in [1.54, 1.807) is 0 Å². The molecule has 0 aliphatic heterocycles. The van der Waals surface area contributed by atoms with Crippen LogP contribution in [0.15, 0.2) is 12.3 Å². The molecule has 10 heavy (non-hydrogen) atoms. The van der Waals surface area contributed by atoms with Crippen molar-refractivity contribution in [2.75, 3.05) is 0 Å². The van der Waals surface area contributed by atoms with Gasteiger partial charge in [-0.2, -0.15) is 0 Å². The summed E-state index contributed by atoms with van der Waals surface area (Å²) < 4.78 is 0. The molecule has 0 atom stereocenters. The fraction of sp³-hybridized carbons (Fsp3) is 0.556. The van der Waals surface area contributed by atoms with E-state index in [-0.39, 0.29) is 0 Å². The number of rotatable bonds is 3. The lowest BCUT2D eigenvalue weighted by Gasteiger charge is -1.96. The minimum absolute atomic E-state index is 1.13. The lowest BCUT2D eigenvalue weighted by Crippen LogP contribution is -1.87. The number of nitrogens with one attached hydrogen (secondary N) is 1. The molecular formula is C9H15N. The van der Waals surface area contributed by atoms with Gasteiger partial charge in [0.15, 0.2) is 0 Å². The van der Waals surface area contributed by atoms with Gasteiger partial charge in [-0.05, 0) is 24.5 Å². The van der Waals surface area contributed by atoms with Crippen molar-refractivity contribution in [3.63, 3.8) is 0 Å². The molecule has 1 nitrogen and oxygen atoms in total. The Hall–Kier alpha value is -0.720. The number of hydrogen-bond acceptors (Lipinski definition) is 0. The van der Waals surface area contributed by atoms with Crippen LogP contribution in [0, 0.1) is 0 Å². The zero-order valence-electron chi connectivity index (χ0n) is 6.78. The van der Waals surface area contributed by atoms with Crippen LogP contribution in [0.2, 0.25) is 0 Å². The van der Waals surface area contributed by atoms with Crippen LogP contribution in [-0.2, 0) is 12.8 Å². The third-order valence-corrected chi connectivity index (χ3v) is 1.80. The maximum absolute atomic E-state index is 3.24. The van der Waals surface area contributed by atoms with E-state index in [1.807, 2.05) is 6.20 Å². The normalized spacial score (nSPS) is 10.2. The average Bonchev–Trinajstić information content (AvgIpc) is 2.36. The highest BCUT2D eigenvalue weighted by molar-refractivity contribution is 5.20. The molecule has 0 aliphatic carbocycles. The van der Waals surface area contributed by atoms with Crippen LogP contribution in [0.5, 0.6) is 0 Å². The van der Waals surface area contributed by atoms with E-state index < -0.39 is 0 Å². The van der Waals surface area contributed by atoms with Crippen molar-refractivity contribution in [2.45, 2.75) is 33.1 Å². The van der Waals surface area contributed by atoms with Crippen molar-refractivity contribution in [3.8, 4) is 0 Å². The molecule has 1 N–H and O–H groups in total. The Bertz CT molecular complexity index is 188. The van der Waals surface area contributed by atoms with E-state index in [0.29, 0.717) is 0 Å². The van der Waals surface area contributed by atoms with Crippen LogP contribution in [-0.4, -0.2) is 4.98 Å². The Labute approximate surface area is 62.5 Å². The Kier molecular flexibility index (Phi) is 2.55. The van der Waals surface area contributed by atoms with Crippen LogP contribution in [0.3, 0.4) is 0 Å². The number of aromatic amines is 1. The van der Waals surface area contributed by atoms with Gasteiger partial charge in [0.1, 0.15) is 0 Å². The van der Waals surface area contributed by atoms with Crippen molar-refractivity contribution in [1.82, 2.24) is 4.98 Å². The largest absolute Gasteiger partial charge is 0.365 e. The number of aryl methyl sites for hydroxylation is 2. The highest BCUT2D eigenvalue weighted by atomic mass is 14.7. The molecule has 0 saturated heterocycles. The van der Waals surface area contributed by atoms with Crippen LogP contribution in [0.4, 0.5) is 0 Å². The van der Waals surface area contributed by atoms with Crippen LogP contribution < -0.4 is 0 Å². The highest BCUT2D eigenvalue weighted by Gasteiger charge is 1.98. The maximum Gasteiger partial charge on any atom is 0.0176 e.